The number of non-ortho nitro benzene ring substituents is 1. The van der Waals surface area contributed by atoms with Crippen molar-refractivity contribution in [3.63, 3.8) is 0 Å². The van der Waals surface area contributed by atoms with Gasteiger partial charge in [-0.15, -0.1) is 0 Å². The van der Waals surface area contributed by atoms with Crippen LogP contribution < -0.4 is 0 Å². The molecule has 0 aliphatic heterocycles. The van der Waals surface area contributed by atoms with Crippen LogP contribution >= 0.6 is 0 Å². The van der Waals surface area contributed by atoms with Gasteiger partial charge in [-0.2, -0.15) is 13.2 Å². The van der Waals surface area contributed by atoms with Crippen LogP contribution in [0.3, 0.4) is 0 Å². The fourth-order valence-electron chi connectivity index (χ4n) is 0.936. The highest BCUT2D eigenvalue weighted by Crippen LogP contribution is 2.35. The first-order chi connectivity index (χ1) is 6.73. The first kappa shape index (κ1) is 11.3. The second-order valence-electron chi connectivity index (χ2n) is 2.54. The number of halogens is 5. The van der Waals surface area contributed by atoms with Gasteiger partial charge >= 0.3 is 6.18 Å². The summed E-state index contributed by atoms with van der Waals surface area (Å²) >= 11 is 0. The van der Waals surface area contributed by atoms with Crippen LogP contribution in [0.15, 0.2) is 12.1 Å². The number of hydrogen-bond donors (Lipinski definition) is 0. The summed E-state index contributed by atoms with van der Waals surface area (Å²) in [5.41, 5.74) is -3.20. The highest BCUT2D eigenvalue weighted by atomic mass is 19.4. The summed E-state index contributed by atoms with van der Waals surface area (Å²) in [4.78, 5) is 8.87. The predicted molar refractivity (Wildman–Crippen MR) is 38.0 cm³/mol. The monoisotopic (exact) mass is 227 g/mol. The summed E-state index contributed by atoms with van der Waals surface area (Å²) in [5.74, 6) is -4.01. The molecule has 0 saturated heterocycles. The minimum atomic E-state index is -5.22. The standard InChI is InChI=1S/C7H2F5NO2/c8-4-1-3(13(14)15)2-5(9)6(4)7(10,11)12/h1-2H. The molecule has 0 bridgehead atoms. The van der Waals surface area contributed by atoms with Gasteiger partial charge in [0, 0.05) is 0 Å². The van der Waals surface area contributed by atoms with Crippen molar-refractivity contribution in [3.8, 4) is 0 Å². The van der Waals surface area contributed by atoms with E-state index >= 15 is 0 Å². The van der Waals surface area contributed by atoms with E-state index in [2.05, 4.69) is 0 Å². The molecule has 8 heteroatoms. The maximum Gasteiger partial charge on any atom is 0.422 e. The largest absolute Gasteiger partial charge is 0.422 e. The fourth-order valence-corrected chi connectivity index (χ4v) is 0.936. The molecule has 1 aromatic rings. The van der Waals surface area contributed by atoms with Crippen LogP contribution in [-0.4, -0.2) is 4.92 Å². The van der Waals surface area contributed by atoms with Crippen LogP contribution in [0.4, 0.5) is 27.6 Å². The lowest BCUT2D eigenvalue weighted by Crippen LogP contribution is -2.11. The van der Waals surface area contributed by atoms with Crippen LogP contribution in [0.5, 0.6) is 0 Å². The molecule has 0 amide bonds. The highest BCUT2D eigenvalue weighted by Gasteiger charge is 2.38. The summed E-state index contributed by atoms with van der Waals surface area (Å²) in [6, 6.07) is 0.0395. The Morgan fingerprint density at radius 1 is 1.13 bits per heavy atom. The third kappa shape index (κ3) is 2.20. The van der Waals surface area contributed by atoms with E-state index < -0.39 is 34.0 Å². The van der Waals surface area contributed by atoms with Crippen LogP contribution in [0, 0.1) is 21.7 Å². The molecule has 15 heavy (non-hydrogen) atoms. The van der Waals surface area contributed by atoms with E-state index in [-0.39, 0.29) is 12.1 Å². The molecule has 0 N–H and O–H groups in total. The summed E-state index contributed by atoms with van der Waals surface area (Å²) in [6.45, 7) is 0. The Morgan fingerprint density at radius 2 is 1.53 bits per heavy atom. The third-order valence-corrected chi connectivity index (χ3v) is 1.52. The van der Waals surface area contributed by atoms with Crippen LogP contribution in [0.2, 0.25) is 0 Å². The van der Waals surface area contributed by atoms with Gasteiger partial charge in [-0.1, -0.05) is 0 Å². The lowest BCUT2D eigenvalue weighted by atomic mass is 10.1. The number of alkyl halides is 3. The molecule has 0 aromatic heterocycles. The molecule has 0 aliphatic carbocycles. The summed E-state index contributed by atoms with van der Waals surface area (Å²) in [6.07, 6.45) is -5.22. The number of rotatable bonds is 1. The van der Waals surface area contributed by atoms with Crippen molar-refractivity contribution in [3.05, 3.63) is 39.4 Å². The molecular weight excluding hydrogens is 225 g/mol. The van der Waals surface area contributed by atoms with Gasteiger partial charge in [0.25, 0.3) is 5.69 Å². The minimum absolute atomic E-state index is 0.0197. The lowest BCUT2D eigenvalue weighted by Gasteiger charge is -2.08. The van der Waals surface area contributed by atoms with E-state index in [1.807, 2.05) is 0 Å². The summed E-state index contributed by atoms with van der Waals surface area (Å²) in [5, 5.41) is 10.1. The van der Waals surface area contributed by atoms with E-state index in [1.165, 1.54) is 0 Å². The Labute approximate surface area is 79.3 Å². The molecule has 0 aliphatic rings. The van der Waals surface area contributed by atoms with Gasteiger partial charge in [0.2, 0.25) is 0 Å². The average molecular weight is 227 g/mol. The van der Waals surface area contributed by atoms with Gasteiger partial charge in [-0.25, -0.2) is 8.78 Å². The van der Waals surface area contributed by atoms with Gasteiger partial charge in [0.15, 0.2) is 0 Å². The van der Waals surface area contributed by atoms with Gasteiger partial charge in [0.1, 0.15) is 17.2 Å². The van der Waals surface area contributed by atoms with Crippen LogP contribution in [0.1, 0.15) is 5.56 Å². The number of hydrogen-bond acceptors (Lipinski definition) is 2. The molecule has 3 nitrogen and oxygen atoms in total. The average Bonchev–Trinajstić information content (AvgIpc) is 1.99. The van der Waals surface area contributed by atoms with Crippen molar-refractivity contribution in [2.45, 2.75) is 6.18 Å². The minimum Gasteiger partial charge on any atom is -0.258 e. The van der Waals surface area contributed by atoms with Gasteiger partial charge in [0.05, 0.1) is 17.1 Å². The zero-order valence-corrected chi connectivity index (χ0v) is 6.81. The van der Waals surface area contributed by atoms with E-state index in [1.54, 1.807) is 0 Å². The Bertz CT molecular complexity index is 391. The molecule has 0 atom stereocenters. The summed E-state index contributed by atoms with van der Waals surface area (Å²) in [7, 11) is 0. The third-order valence-electron chi connectivity index (χ3n) is 1.52. The van der Waals surface area contributed by atoms with E-state index in [0.717, 1.165) is 0 Å². The highest BCUT2D eigenvalue weighted by molar-refractivity contribution is 5.36. The molecule has 82 valence electrons. The van der Waals surface area contributed by atoms with Crippen molar-refractivity contribution in [2.75, 3.05) is 0 Å². The van der Waals surface area contributed by atoms with Gasteiger partial charge in [-0.05, 0) is 0 Å². The topological polar surface area (TPSA) is 43.1 Å². The molecule has 1 aromatic carbocycles. The number of nitrogens with zero attached hydrogens (tertiary/aromatic N) is 1. The Balaban J connectivity index is 3.41. The maximum atomic E-state index is 12.7. The van der Waals surface area contributed by atoms with Crippen LogP contribution in [-0.2, 0) is 6.18 Å². The smallest absolute Gasteiger partial charge is 0.258 e. The van der Waals surface area contributed by atoms with Crippen molar-refractivity contribution in [2.24, 2.45) is 0 Å². The van der Waals surface area contributed by atoms with Gasteiger partial charge < -0.3 is 0 Å². The molecule has 0 spiro atoms. The zero-order valence-electron chi connectivity index (χ0n) is 6.81. The normalized spacial score (nSPS) is 11.5. The summed E-state index contributed by atoms with van der Waals surface area (Å²) < 4.78 is 61.4. The second kappa shape index (κ2) is 3.44. The molecule has 0 radical (unpaired) electrons. The molecule has 0 heterocycles. The lowest BCUT2D eigenvalue weighted by molar-refractivity contribution is -0.385. The number of nitro groups is 1. The Kier molecular flexibility index (Phi) is 2.61. The number of benzene rings is 1. The first-order valence-electron chi connectivity index (χ1n) is 3.44. The molecular formula is C7H2F5NO2. The zero-order chi connectivity index (χ0) is 11.8. The van der Waals surface area contributed by atoms with Crippen molar-refractivity contribution >= 4 is 5.69 Å². The predicted octanol–water partition coefficient (Wildman–Crippen LogP) is 2.89. The molecule has 0 saturated carbocycles. The van der Waals surface area contributed by atoms with Crippen LogP contribution in [0.25, 0.3) is 0 Å². The van der Waals surface area contributed by atoms with Crippen molar-refractivity contribution in [1.82, 2.24) is 0 Å². The first-order valence-corrected chi connectivity index (χ1v) is 3.44. The van der Waals surface area contributed by atoms with E-state index in [4.69, 9.17) is 0 Å². The van der Waals surface area contributed by atoms with E-state index in [0.29, 0.717) is 0 Å². The van der Waals surface area contributed by atoms with Crippen molar-refractivity contribution in [1.29, 1.82) is 0 Å². The molecule has 0 unspecified atom stereocenters. The Hall–Kier alpha value is -1.73. The maximum absolute atomic E-state index is 12.7. The SMILES string of the molecule is O=[N+]([O-])c1cc(F)c(C(F)(F)F)c(F)c1. The van der Waals surface area contributed by atoms with Crippen molar-refractivity contribution < 1.29 is 26.9 Å². The van der Waals surface area contributed by atoms with Gasteiger partial charge in [-0.3, -0.25) is 10.1 Å². The molecule has 1 rings (SSSR count). The van der Waals surface area contributed by atoms with E-state index in [9.17, 15) is 32.1 Å². The second-order valence-corrected chi connectivity index (χ2v) is 2.54. The molecule has 0 fully saturated rings. The quantitative estimate of drug-likeness (QED) is 0.420. The Morgan fingerprint density at radius 3 is 1.80 bits per heavy atom. The fraction of sp³-hybridized carbons (Fsp3) is 0.143. The number of nitro benzene ring substituents is 1.